The van der Waals surface area contributed by atoms with Crippen LogP contribution in [0.1, 0.15) is 18.9 Å². The third-order valence-corrected chi connectivity index (χ3v) is 4.64. The van der Waals surface area contributed by atoms with Gasteiger partial charge in [0.05, 0.1) is 0 Å². The van der Waals surface area contributed by atoms with Crippen molar-refractivity contribution >= 4 is 28.5 Å². The second kappa shape index (κ2) is 6.76. The van der Waals surface area contributed by atoms with Crippen molar-refractivity contribution in [1.29, 1.82) is 0 Å². The molecule has 0 saturated carbocycles. The Balaban J connectivity index is 1.72. The van der Waals surface area contributed by atoms with Crippen LogP contribution < -0.4 is 10.4 Å². The van der Waals surface area contributed by atoms with Crippen molar-refractivity contribution in [3.63, 3.8) is 0 Å². The van der Waals surface area contributed by atoms with Crippen molar-refractivity contribution in [2.24, 2.45) is 0 Å². The SMILES string of the molecule is C=C1CC(/C(C)=C/COc2ccc3c(C)c(Cl)c(=O)oc3c2)OC1=O. The minimum Gasteiger partial charge on any atom is -0.489 e. The number of rotatable bonds is 4. The smallest absolute Gasteiger partial charge is 0.355 e. The predicted octanol–water partition coefficient (Wildman–Crippen LogP) is 3.95. The van der Waals surface area contributed by atoms with E-state index in [1.807, 2.05) is 13.0 Å². The monoisotopic (exact) mass is 360 g/mol. The molecule has 0 aliphatic carbocycles. The number of benzene rings is 1. The van der Waals surface area contributed by atoms with Crippen LogP contribution in [0.2, 0.25) is 5.02 Å². The van der Waals surface area contributed by atoms with Crippen molar-refractivity contribution in [3.05, 3.63) is 63.0 Å². The van der Waals surface area contributed by atoms with E-state index < -0.39 is 5.63 Å². The molecule has 0 radical (unpaired) electrons. The topological polar surface area (TPSA) is 65.7 Å². The fourth-order valence-corrected chi connectivity index (χ4v) is 2.76. The number of carbonyl (C=O) groups is 1. The molecule has 1 saturated heterocycles. The van der Waals surface area contributed by atoms with Crippen molar-refractivity contribution in [3.8, 4) is 5.75 Å². The van der Waals surface area contributed by atoms with Crippen LogP contribution in [0.25, 0.3) is 11.0 Å². The van der Waals surface area contributed by atoms with Gasteiger partial charge in [-0.2, -0.15) is 0 Å². The van der Waals surface area contributed by atoms with Crippen LogP contribution in [0.15, 0.2) is 51.2 Å². The maximum Gasteiger partial charge on any atom is 0.355 e. The highest BCUT2D eigenvalue weighted by molar-refractivity contribution is 6.31. The van der Waals surface area contributed by atoms with Crippen molar-refractivity contribution in [2.75, 3.05) is 6.61 Å². The van der Waals surface area contributed by atoms with Gasteiger partial charge in [-0.3, -0.25) is 0 Å². The van der Waals surface area contributed by atoms with Gasteiger partial charge in [0.1, 0.15) is 29.1 Å². The fourth-order valence-electron chi connectivity index (χ4n) is 2.62. The molecule has 1 atom stereocenters. The van der Waals surface area contributed by atoms with Gasteiger partial charge in [0.2, 0.25) is 0 Å². The summed E-state index contributed by atoms with van der Waals surface area (Å²) in [5, 5.41) is 0.854. The molecule has 5 nitrogen and oxygen atoms in total. The molecule has 130 valence electrons. The number of cyclic esters (lactones) is 1. The number of esters is 1. The molecule has 1 fully saturated rings. The number of carbonyl (C=O) groups excluding carboxylic acids is 1. The zero-order valence-corrected chi connectivity index (χ0v) is 14.7. The number of halogens is 1. The van der Waals surface area contributed by atoms with Crippen LogP contribution in [-0.2, 0) is 9.53 Å². The number of ether oxygens (including phenoxy) is 2. The van der Waals surface area contributed by atoms with Gasteiger partial charge in [0.15, 0.2) is 0 Å². The summed E-state index contributed by atoms with van der Waals surface area (Å²) in [5.74, 6) is 0.214. The average Bonchev–Trinajstić information content (AvgIpc) is 2.92. The number of hydrogen-bond acceptors (Lipinski definition) is 5. The molecule has 0 N–H and O–H groups in total. The summed E-state index contributed by atoms with van der Waals surface area (Å²) < 4.78 is 16.1. The summed E-state index contributed by atoms with van der Waals surface area (Å²) in [6.07, 6.45) is 2.08. The highest BCUT2D eigenvalue weighted by atomic mass is 35.5. The Bertz CT molecular complexity index is 938. The molecule has 2 heterocycles. The molecule has 2 aromatic rings. The largest absolute Gasteiger partial charge is 0.489 e. The Kier molecular flexibility index (Phi) is 4.68. The van der Waals surface area contributed by atoms with Crippen LogP contribution in [0.4, 0.5) is 0 Å². The second-order valence-corrected chi connectivity index (χ2v) is 6.33. The maximum absolute atomic E-state index is 11.7. The molecule has 1 aliphatic heterocycles. The highest BCUT2D eigenvalue weighted by Gasteiger charge is 2.28. The van der Waals surface area contributed by atoms with E-state index in [1.165, 1.54) is 0 Å². The zero-order chi connectivity index (χ0) is 18.1. The lowest BCUT2D eigenvalue weighted by Gasteiger charge is -2.10. The van der Waals surface area contributed by atoms with Crippen LogP contribution >= 0.6 is 11.6 Å². The quantitative estimate of drug-likeness (QED) is 0.357. The Morgan fingerprint density at radius 3 is 2.88 bits per heavy atom. The first-order chi connectivity index (χ1) is 11.9. The maximum atomic E-state index is 11.7. The Morgan fingerprint density at radius 2 is 2.20 bits per heavy atom. The minimum absolute atomic E-state index is 0.0902. The third-order valence-electron chi connectivity index (χ3n) is 4.20. The van der Waals surface area contributed by atoms with E-state index in [9.17, 15) is 9.59 Å². The van der Waals surface area contributed by atoms with Crippen LogP contribution in [0.3, 0.4) is 0 Å². The van der Waals surface area contributed by atoms with E-state index in [0.29, 0.717) is 35.5 Å². The first-order valence-electron chi connectivity index (χ1n) is 7.78. The second-order valence-electron chi connectivity index (χ2n) is 5.95. The van der Waals surface area contributed by atoms with Gasteiger partial charge in [-0.25, -0.2) is 9.59 Å². The van der Waals surface area contributed by atoms with Crippen LogP contribution in [-0.4, -0.2) is 18.7 Å². The Hall–Kier alpha value is -2.53. The molecule has 3 rings (SSSR count). The van der Waals surface area contributed by atoms with Crippen molar-refractivity contribution in [1.82, 2.24) is 0 Å². The summed E-state index contributed by atoms with van der Waals surface area (Å²) in [5.41, 5.74) is 1.92. The van der Waals surface area contributed by atoms with Crippen LogP contribution in [0.5, 0.6) is 5.75 Å². The molecule has 6 heteroatoms. The molecule has 1 aromatic carbocycles. The lowest BCUT2D eigenvalue weighted by Crippen LogP contribution is -2.09. The first kappa shape index (κ1) is 17.3. The van der Waals surface area contributed by atoms with E-state index in [0.717, 1.165) is 11.0 Å². The van der Waals surface area contributed by atoms with E-state index >= 15 is 0 Å². The Morgan fingerprint density at radius 1 is 1.44 bits per heavy atom. The minimum atomic E-state index is -0.567. The molecule has 1 unspecified atom stereocenters. The molecular weight excluding hydrogens is 344 g/mol. The molecular formula is C19H17ClO5. The van der Waals surface area contributed by atoms with Crippen LogP contribution in [0, 0.1) is 6.92 Å². The van der Waals surface area contributed by atoms with E-state index in [1.54, 1.807) is 25.1 Å². The summed E-state index contributed by atoms with van der Waals surface area (Å²) in [4.78, 5) is 23.0. The lowest BCUT2D eigenvalue weighted by molar-refractivity contribution is -0.137. The van der Waals surface area contributed by atoms with Crippen molar-refractivity contribution < 1.29 is 18.7 Å². The summed E-state index contributed by atoms with van der Waals surface area (Å²) in [6, 6.07) is 5.24. The molecule has 1 aliphatic rings. The molecule has 1 aromatic heterocycles. The van der Waals surface area contributed by atoms with Crippen molar-refractivity contribution in [2.45, 2.75) is 26.4 Å². The third kappa shape index (κ3) is 3.46. The van der Waals surface area contributed by atoms with Gasteiger partial charge < -0.3 is 13.9 Å². The molecule has 0 amide bonds. The lowest BCUT2D eigenvalue weighted by atomic mass is 10.1. The number of hydrogen-bond donors (Lipinski definition) is 0. The first-order valence-corrected chi connectivity index (χ1v) is 8.16. The van der Waals surface area contributed by atoms with E-state index in [2.05, 4.69) is 6.58 Å². The van der Waals surface area contributed by atoms with Gasteiger partial charge in [-0.05, 0) is 43.2 Å². The fraction of sp³-hybridized carbons (Fsp3) is 0.263. The van der Waals surface area contributed by atoms with Gasteiger partial charge >= 0.3 is 11.6 Å². The summed E-state index contributed by atoms with van der Waals surface area (Å²) >= 11 is 5.91. The predicted molar refractivity (Wildman–Crippen MR) is 95.1 cm³/mol. The molecule has 0 spiro atoms. The normalized spacial score (nSPS) is 17.9. The van der Waals surface area contributed by atoms with Gasteiger partial charge in [0.25, 0.3) is 0 Å². The summed E-state index contributed by atoms with van der Waals surface area (Å²) in [7, 11) is 0. The number of aryl methyl sites for hydroxylation is 1. The van der Waals surface area contributed by atoms with Gasteiger partial charge in [-0.15, -0.1) is 0 Å². The van der Waals surface area contributed by atoms with Gasteiger partial charge in [-0.1, -0.05) is 18.2 Å². The Labute approximate surface area is 149 Å². The standard InChI is InChI=1S/C19H17ClO5/c1-10(15-8-11(2)18(21)24-15)6-7-23-13-4-5-14-12(3)17(20)19(22)25-16(14)9-13/h4-6,9,15H,2,7-8H2,1,3H3/b10-6+. The molecule has 0 bridgehead atoms. The molecule has 25 heavy (non-hydrogen) atoms. The van der Waals surface area contributed by atoms with E-state index in [4.69, 9.17) is 25.5 Å². The average molecular weight is 361 g/mol. The zero-order valence-electron chi connectivity index (χ0n) is 13.9. The summed E-state index contributed by atoms with van der Waals surface area (Å²) in [6.45, 7) is 7.62. The number of fused-ring (bicyclic) bond motifs is 1. The van der Waals surface area contributed by atoms with Gasteiger partial charge in [0, 0.05) is 23.4 Å². The van der Waals surface area contributed by atoms with E-state index in [-0.39, 0.29) is 17.1 Å². The highest BCUT2D eigenvalue weighted by Crippen LogP contribution is 2.27.